The first-order valence-electron chi connectivity index (χ1n) is 5.16. The summed E-state index contributed by atoms with van der Waals surface area (Å²) in [5.74, 6) is -1.21. The van der Waals surface area contributed by atoms with Crippen LogP contribution < -0.4 is 11.1 Å². The molecule has 1 aromatic carbocycles. The summed E-state index contributed by atoms with van der Waals surface area (Å²) in [7, 11) is 0. The predicted octanol–water partition coefficient (Wildman–Crippen LogP) is 1.70. The van der Waals surface area contributed by atoms with Crippen molar-refractivity contribution in [2.45, 2.75) is 6.92 Å². The maximum Gasteiger partial charge on any atom is 0.251 e. The predicted molar refractivity (Wildman–Crippen MR) is 69.0 cm³/mol. The Morgan fingerprint density at radius 3 is 2.89 bits per heavy atom. The van der Waals surface area contributed by atoms with E-state index in [2.05, 4.69) is 26.4 Å². The third-order valence-electron chi connectivity index (χ3n) is 2.37. The van der Waals surface area contributed by atoms with E-state index in [1.54, 1.807) is 6.92 Å². The van der Waals surface area contributed by atoms with Crippen LogP contribution in [0.25, 0.3) is 0 Å². The Morgan fingerprint density at radius 2 is 2.33 bits per heavy atom. The van der Waals surface area contributed by atoms with Crippen LogP contribution in [0.15, 0.2) is 27.8 Å². The van der Waals surface area contributed by atoms with Gasteiger partial charge in [-0.25, -0.2) is 4.39 Å². The summed E-state index contributed by atoms with van der Waals surface area (Å²) in [5, 5.41) is 13.9. The van der Waals surface area contributed by atoms with Crippen molar-refractivity contribution in [2.75, 3.05) is 6.54 Å². The molecule has 0 aliphatic heterocycles. The van der Waals surface area contributed by atoms with E-state index in [1.165, 1.54) is 12.1 Å². The van der Waals surface area contributed by atoms with Crippen molar-refractivity contribution in [1.82, 2.24) is 5.32 Å². The highest BCUT2D eigenvalue weighted by Crippen LogP contribution is 2.16. The van der Waals surface area contributed by atoms with Gasteiger partial charge in [-0.1, -0.05) is 12.1 Å². The van der Waals surface area contributed by atoms with Gasteiger partial charge in [0.25, 0.3) is 5.91 Å². The molecule has 4 N–H and O–H groups in total. The largest absolute Gasteiger partial charge is 0.409 e. The van der Waals surface area contributed by atoms with Crippen molar-refractivity contribution in [3.63, 3.8) is 0 Å². The van der Waals surface area contributed by atoms with Gasteiger partial charge in [0.1, 0.15) is 11.7 Å². The van der Waals surface area contributed by atoms with Gasteiger partial charge in [0, 0.05) is 18.0 Å². The van der Waals surface area contributed by atoms with E-state index in [0.29, 0.717) is 4.47 Å². The van der Waals surface area contributed by atoms with Gasteiger partial charge in [-0.2, -0.15) is 0 Å². The standard InChI is InChI=1S/C11H13BrFN3O2/c1-6(10(14)16-18)5-15-11(17)7-2-3-8(12)9(13)4-7/h2-4,6,18H,5H2,1H3,(H2,14,16)(H,15,17). The molecule has 1 amide bonds. The molecule has 1 atom stereocenters. The normalized spacial score (nSPS) is 13.2. The van der Waals surface area contributed by atoms with Gasteiger partial charge in [0.2, 0.25) is 0 Å². The molecule has 0 spiro atoms. The number of nitrogens with one attached hydrogen (secondary N) is 1. The van der Waals surface area contributed by atoms with Crippen LogP contribution in [0.1, 0.15) is 17.3 Å². The topological polar surface area (TPSA) is 87.7 Å². The fourth-order valence-electron chi connectivity index (χ4n) is 1.19. The van der Waals surface area contributed by atoms with Gasteiger partial charge in [-0.3, -0.25) is 4.79 Å². The second-order valence-corrected chi connectivity index (χ2v) is 4.62. The third-order valence-corrected chi connectivity index (χ3v) is 3.01. The Hall–Kier alpha value is -1.63. The number of nitrogens with two attached hydrogens (primary N) is 1. The molecule has 7 heteroatoms. The number of amides is 1. The molecule has 0 aliphatic rings. The molecule has 0 aliphatic carbocycles. The van der Waals surface area contributed by atoms with E-state index in [4.69, 9.17) is 10.9 Å². The number of nitrogens with zero attached hydrogens (tertiary/aromatic N) is 1. The third kappa shape index (κ3) is 3.69. The average molecular weight is 318 g/mol. The summed E-state index contributed by atoms with van der Waals surface area (Å²) >= 11 is 3.00. The lowest BCUT2D eigenvalue weighted by atomic mass is 10.1. The smallest absolute Gasteiger partial charge is 0.251 e. The molecule has 0 saturated heterocycles. The lowest BCUT2D eigenvalue weighted by molar-refractivity contribution is 0.0950. The number of amidine groups is 1. The molecule has 0 bridgehead atoms. The highest BCUT2D eigenvalue weighted by molar-refractivity contribution is 9.10. The van der Waals surface area contributed by atoms with Crippen molar-refractivity contribution in [3.8, 4) is 0 Å². The number of hydrogen-bond acceptors (Lipinski definition) is 3. The minimum atomic E-state index is -0.507. The Morgan fingerprint density at radius 1 is 1.67 bits per heavy atom. The maximum absolute atomic E-state index is 13.2. The Bertz CT molecular complexity index is 479. The molecule has 1 aromatic rings. The minimum absolute atomic E-state index is 0.0253. The second-order valence-electron chi connectivity index (χ2n) is 3.76. The lowest BCUT2D eigenvalue weighted by Crippen LogP contribution is -2.34. The summed E-state index contributed by atoms with van der Waals surface area (Å²) in [4.78, 5) is 11.7. The molecule has 1 rings (SSSR count). The molecule has 0 fully saturated rings. The van der Waals surface area contributed by atoms with Crippen LogP contribution in [-0.2, 0) is 0 Å². The summed E-state index contributed by atoms with van der Waals surface area (Å²) in [6.45, 7) is 1.89. The second kappa shape index (κ2) is 6.34. The van der Waals surface area contributed by atoms with E-state index in [1.807, 2.05) is 0 Å². The van der Waals surface area contributed by atoms with Gasteiger partial charge in [-0.15, -0.1) is 0 Å². The fourth-order valence-corrected chi connectivity index (χ4v) is 1.43. The molecule has 5 nitrogen and oxygen atoms in total. The molecular weight excluding hydrogens is 305 g/mol. The van der Waals surface area contributed by atoms with Crippen molar-refractivity contribution in [3.05, 3.63) is 34.1 Å². The van der Waals surface area contributed by atoms with Crippen LogP contribution in [0.4, 0.5) is 4.39 Å². The van der Waals surface area contributed by atoms with Crippen molar-refractivity contribution < 1.29 is 14.4 Å². The molecule has 0 radical (unpaired) electrons. The Balaban J connectivity index is 2.63. The molecule has 0 heterocycles. The van der Waals surface area contributed by atoms with Gasteiger partial charge in [0.05, 0.1) is 4.47 Å². The van der Waals surface area contributed by atoms with E-state index in [0.717, 1.165) is 6.07 Å². The summed E-state index contributed by atoms with van der Waals surface area (Å²) < 4.78 is 13.5. The molecular formula is C11H13BrFN3O2. The quantitative estimate of drug-likeness (QED) is 0.342. The monoisotopic (exact) mass is 317 g/mol. The van der Waals surface area contributed by atoms with Crippen LogP contribution in [0.3, 0.4) is 0 Å². The average Bonchev–Trinajstić information content (AvgIpc) is 2.37. The molecule has 0 aromatic heterocycles. The van der Waals surface area contributed by atoms with Crippen LogP contribution in [0.5, 0.6) is 0 Å². The fraction of sp³-hybridized carbons (Fsp3) is 0.273. The van der Waals surface area contributed by atoms with Crippen LogP contribution in [0.2, 0.25) is 0 Å². The first-order valence-corrected chi connectivity index (χ1v) is 5.95. The summed E-state index contributed by atoms with van der Waals surface area (Å²) in [6, 6.07) is 4.08. The zero-order valence-corrected chi connectivity index (χ0v) is 11.2. The number of rotatable bonds is 4. The number of carbonyl (C=O) groups is 1. The number of oxime groups is 1. The van der Waals surface area contributed by atoms with Crippen LogP contribution in [0, 0.1) is 11.7 Å². The van der Waals surface area contributed by atoms with Gasteiger partial charge in [0.15, 0.2) is 0 Å². The van der Waals surface area contributed by atoms with Crippen molar-refractivity contribution in [1.29, 1.82) is 0 Å². The number of hydrogen-bond donors (Lipinski definition) is 3. The molecule has 1 unspecified atom stereocenters. The number of benzene rings is 1. The van der Waals surface area contributed by atoms with E-state index in [9.17, 15) is 9.18 Å². The highest BCUT2D eigenvalue weighted by atomic mass is 79.9. The molecule has 18 heavy (non-hydrogen) atoms. The van der Waals surface area contributed by atoms with E-state index < -0.39 is 11.7 Å². The number of halogens is 2. The van der Waals surface area contributed by atoms with Crippen molar-refractivity contribution in [2.24, 2.45) is 16.8 Å². The van der Waals surface area contributed by atoms with Crippen molar-refractivity contribution >= 4 is 27.7 Å². The number of carbonyl (C=O) groups excluding carboxylic acids is 1. The molecule has 98 valence electrons. The SMILES string of the molecule is CC(CNC(=O)c1ccc(Br)c(F)c1)C(N)=NO. The Labute approximate surface area is 112 Å². The zero-order valence-electron chi connectivity index (χ0n) is 9.65. The van der Waals surface area contributed by atoms with Gasteiger partial charge < -0.3 is 16.3 Å². The van der Waals surface area contributed by atoms with E-state index >= 15 is 0 Å². The zero-order chi connectivity index (χ0) is 13.7. The van der Waals surface area contributed by atoms with E-state index in [-0.39, 0.29) is 23.9 Å². The Kier molecular flexibility index (Phi) is 5.08. The summed E-state index contributed by atoms with van der Waals surface area (Å²) in [5.41, 5.74) is 5.58. The van der Waals surface area contributed by atoms with Gasteiger partial charge in [-0.05, 0) is 34.1 Å². The first kappa shape index (κ1) is 14.4. The maximum atomic E-state index is 13.2. The minimum Gasteiger partial charge on any atom is -0.409 e. The van der Waals surface area contributed by atoms with Crippen LogP contribution in [-0.4, -0.2) is 23.5 Å². The van der Waals surface area contributed by atoms with Crippen LogP contribution >= 0.6 is 15.9 Å². The first-order chi connectivity index (χ1) is 8.45. The highest BCUT2D eigenvalue weighted by Gasteiger charge is 2.12. The van der Waals surface area contributed by atoms with Gasteiger partial charge >= 0.3 is 0 Å². The summed E-state index contributed by atoms with van der Waals surface area (Å²) in [6.07, 6.45) is 0. The molecule has 0 saturated carbocycles. The lowest BCUT2D eigenvalue weighted by Gasteiger charge is -2.11.